The molecule has 0 saturated heterocycles. The van der Waals surface area contributed by atoms with Crippen LogP contribution in [0.25, 0.3) is 0 Å². The molecule has 1 aromatic rings. The molecule has 0 radical (unpaired) electrons. The Morgan fingerprint density at radius 3 is 2.35 bits per heavy atom. The molecular formula is C20H30N2O3S. The summed E-state index contributed by atoms with van der Waals surface area (Å²) in [6, 6.07) is 5.18. The third-order valence-corrected chi connectivity index (χ3v) is 7.18. The van der Waals surface area contributed by atoms with Crippen molar-refractivity contribution in [2.24, 2.45) is 0 Å². The number of benzene rings is 1. The summed E-state index contributed by atoms with van der Waals surface area (Å²) in [6.45, 7) is 6.23. The molecule has 26 heavy (non-hydrogen) atoms. The third-order valence-electron chi connectivity index (χ3n) is 5.66. The van der Waals surface area contributed by atoms with E-state index >= 15 is 0 Å². The van der Waals surface area contributed by atoms with Crippen molar-refractivity contribution in [2.75, 3.05) is 11.4 Å². The molecule has 1 saturated carbocycles. The molecule has 1 amide bonds. The number of sulfonamides is 1. The van der Waals surface area contributed by atoms with Gasteiger partial charge in [0.2, 0.25) is 15.9 Å². The van der Waals surface area contributed by atoms with Gasteiger partial charge in [-0.3, -0.25) is 4.79 Å². The smallest absolute Gasteiger partial charge is 0.240 e. The van der Waals surface area contributed by atoms with Gasteiger partial charge in [-0.25, -0.2) is 13.1 Å². The summed E-state index contributed by atoms with van der Waals surface area (Å²) in [5.74, 6) is -0.0138. The first-order valence-electron chi connectivity index (χ1n) is 9.66. The van der Waals surface area contributed by atoms with Crippen LogP contribution >= 0.6 is 0 Å². The lowest BCUT2D eigenvalue weighted by atomic mass is 9.87. The molecule has 1 aliphatic heterocycles. The van der Waals surface area contributed by atoms with E-state index in [1.165, 1.54) is 19.3 Å². The van der Waals surface area contributed by atoms with Crippen LogP contribution in [-0.4, -0.2) is 26.9 Å². The number of amides is 1. The fraction of sp³-hybridized carbons (Fsp3) is 0.650. The topological polar surface area (TPSA) is 66.5 Å². The second-order valence-electron chi connectivity index (χ2n) is 8.33. The number of hydrogen-bond donors (Lipinski definition) is 1. The minimum absolute atomic E-state index is 0.0138. The highest BCUT2D eigenvalue weighted by Gasteiger charge is 2.37. The van der Waals surface area contributed by atoms with E-state index in [1.54, 1.807) is 30.0 Å². The number of nitrogens with zero attached hydrogens (tertiary/aromatic N) is 1. The largest absolute Gasteiger partial charge is 0.311 e. The van der Waals surface area contributed by atoms with Crippen LogP contribution in [0.3, 0.4) is 0 Å². The van der Waals surface area contributed by atoms with Crippen molar-refractivity contribution in [2.45, 2.75) is 82.1 Å². The molecule has 1 N–H and O–H groups in total. The van der Waals surface area contributed by atoms with Crippen molar-refractivity contribution >= 4 is 21.6 Å². The Balaban J connectivity index is 1.86. The molecule has 0 atom stereocenters. The molecule has 0 unspecified atom stereocenters. The highest BCUT2D eigenvalue weighted by atomic mass is 32.2. The van der Waals surface area contributed by atoms with E-state index in [2.05, 4.69) is 4.72 Å². The van der Waals surface area contributed by atoms with E-state index in [0.717, 1.165) is 36.9 Å². The molecule has 0 aromatic heterocycles. The van der Waals surface area contributed by atoms with Gasteiger partial charge in [-0.2, -0.15) is 0 Å². The summed E-state index contributed by atoms with van der Waals surface area (Å²) in [4.78, 5) is 13.9. The molecule has 1 aromatic carbocycles. The lowest BCUT2D eigenvalue weighted by molar-refractivity contribution is -0.116. The monoisotopic (exact) mass is 378 g/mol. The van der Waals surface area contributed by atoms with Crippen molar-refractivity contribution in [3.05, 3.63) is 23.8 Å². The third kappa shape index (κ3) is 3.96. The summed E-state index contributed by atoms with van der Waals surface area (Å²) in [6.07, 6.45) is 7.61. The Hall–Kier alpha value is -1.40. The van der Waals surface area contributed by atoms with E-state index in [0.29, 0.717) is 11.4 Å². The second-order valence-corrected chi connectivity index (χ2v) is 10.0. The van der Waals surface area contributed by atoms with E-state index in [-0.39, 0.29) is 17.4 Å². The van der Waals surface area contributed by atoms with E-state index in [1.807, 2.05) is 13.8 Å². The van der Waals surface area contributed by atoms with Crippen LogP contribution in [0.1, 0.15) is 71.3 Å². The number of anilines is 1. The Bertz CT molecular complexity index is 778. The number of carbonyl (C=O) groups excluding carboxylic acids is 1. The van der Waals surface area contributed by atoms with Crippen molar-refractivity contribution < 1.29 is 13.2 Å². The van der Waals surface area contributed by atoms with Gasteiger partial charge in [0.15, 0.2) is 0 Å². The van der Waals surface area contributed by atoms with Crippen LogP contribution in [0.5, 0.6) is 0 Å². The highest BCUT2D eigenvalue weighted by molar-refractivity contribution is 7.89. The summed E-state index contributed by atoms with van der Waals surface area (Å²) >= 11 is 0. The van der Waals surface area contributed by atoms with Crippen LogP contribution < -0.4 is 9.62 Å². The average molecular weight is 379 g/mol. The van der Waals surface area contributed by atoms with Crippen LogP contribution in [0.15, 0.2) is 23.1 Å². The zero-order chi connectivity index (χ0) is 18.9. The SMILES string of the molecule is CC(=O)N1CC(C)(C)c2cc(S(=O)(=O)NC3CCCCCCC3)ccc21. The number of carbonyl (C=O) groups is 1. The number of rotatable bonds is 3. The molecule has 6 heteroatoms. The first kappa shape index (κ1) is 19.4. The first-order valence-corrected chi connectivity index (χ1v) is 11.1. The van der Waals surface area contributed by atoms with E-state index < -0.39 is 10.0 Å². The molecule has 0 spiro atoms. The first-order chi connectivity index (χ1) is 12.2. The zero-order valence-electron chi connectivity index (χ0n) is 16.0. The van der Waals surface area contributed by atoms with E-state index in [4.69, 9.17) is 0 Å². The van der Waals surface area contributed by atoms with Crippen LogP contribution in [0.2, 0.25) is 0 Å². The fourth-order valence-electron chi connectivity index (χ4n) is 4.17. The van der Waals surface area contributed by atoms with Gasteiger partial charge in [-0.05, 0) is 36.6 Å². The van der Waals surface area contributed by atoms with Gasteiger partial charge in [0.1, 0.15) is 0 Å². The van der Waals surface area contributed by atoms with Crippen LogP contribution in [-0.2, 0) is 20.2 Å². The van der Waals surface area contributed by atoms with Crippen LogP contribution in [0.4, 0.5) is 5.69 Å². The second kappa shape index (κ2) is 7.31. The number of nitrogens with one attached hydrogen (secondary N) is 1. The molecule has 5 nitrogen and oxygen atoms in total. The van der Waals surface area contributed by atoms with Gasteiger partial charge in [0.05, 0.1) is 4.90 Å². The van der Waals surface area contributed by atoms with Crippen molar-refractivity contribution in [3.63, 3.8) is 0 Å². The molecular weight excluding hydrogens is 348 g/mol. The number of fused-ring (bicyclic) bond motifs is 1. The Kier molecular flexibility index (Phi) is 5.45. The minimum Gasteiger partial charge on any atom is -0.311 e. The van der Waals surface area contributed by atoms with Gasteiger partial charge in [0, 0.05) is 30.6 Å². The predicted octanol–water partition coefficient (Wildman–Crippen LogP) is 3.72. The molecule has 1 heterocycles. The molecule has 1 aliphatic carbocycles. The van der Waals surface area contributed by atoms with Gasteiger partial charge >= 0.3 is 0 Å². The predicted molar refractivity (Wildman–Crippen MR) is 104 cm³/mol. The Morgan fingerprint density at radius 1 is 1.12 bits per heavy atom. The summed E-state index contributed by atoms with van der Waals surface area (Å²) in [5, 5.41) is 0. The fourth-order valence-corrected chi connectivity index (χ4v) is 5.50. The highest BCUT2D eigenvalue weighted by Crippen LogP contribution is 2.41. The van der Waals surface area contributed by atoms with Crippen molar-refractivity contribution in [3.8, 4) is 0 Å². The lowest BCUT2D eigenvalue weighted by Gasteiger charge is -2.22. The average Bonchev–Trinajstić information content (AvgIpc) is 2.81. The quantitative estimate of drug-likeness (QED) is 0.872. The maximum absolute atomic E-state index is 12.9. The molecule has 1 fully saturated rings. The number of hydrogen-bond acceptors (Lipinski definition) is 3. The zero-order valence-corrected chi connectivity index (χ0v) is 16.9. The Morgan fingerprint density at radius 2 is 1.73 bits per heavy atom. The summed E-state index contributed by atoms with van der Waals surface area (Å²) < 4.78 is 28.8. The normalized spacial score (nSPS) is 21.1. The molecule has 2 aliphatic rings. The van der Waals surface area contributed by atoms with Crippen molar-refractivity contribution in [1.29, 1.82) is 0 Å². The van der Waals surface area contributed by atoms with Crippen molar-refractivity contribution in [1.82, 2.24) is 4.72 Å². The van der Waals surface area contributed by atoms with E-state index in [9.17, 15) is 13.2 Å². The molecule has 144 valence electrons. The molecule has 3 rings (SSSR count). The molecule has 0 bridgehead atoms. The lowest BCUT2D eigenvalue weighted by Crippen LogP contribution is -2.35. The van der Waals surface area contributed by atoms with Gasteiger partial charge < -0.3 is 4.90 Å². The maximum atomic E-state index is 12.9. The van der Waals surface area contributed by atoms with Gasteiger partial charge in [-0.15, -0.1) is 0 Å². The van der Waals surface area contributed by atoms with Gasteiger partial charge in [0.25, 0.3) is 0 Å². The maximum Gasteiger partial charge on any atom is 0.240 e. The van der Waals surface area contributed by atoms with Gasteiger partial charge in [-0.1, -0.05) is 46.0 Å². The standard InChI is InChI=1S/C20H30N2O3S/c1-15(23)22-14-20(2,3)18-13-17(11-12-19(18)22)26(24,25)21-16-9-7-5-4-6-8-10-16/h11-13,16,21H,4-10,14H2,1-3H3. The summed E-state index contributed by atoms with van der Waals surface area (Å²) in [5.41, 5.74) is 1.49. The summed E-state index contributed by atoms with van der Waals surface area (Å²) in [7, 11) is -3.55. The Labute approximate surface area is 157 Å². The van der Waals surface area contributed by atoms with Crippen LogP contribution in [0, 0.1) is 0 Å². The minimum atomic E-state index is -3.55.